The van der Waals surface area contributed by atoms with Crippen molar-refractivity contribution in [3.63, 3.8) is 0 Å². The van der Waals surface area contributed by atoms with Gasteiger partial charge in [0.1, 0.15) is 0 Å². The van der Waals surface area contributed by atoms with Gasteiger partial charge in [0.25, 0.3) is 0 Å². The van der Waals surface area contributed by atoms with E-state index in [1.54, 1.807) is 0 Å². The molecule has 1 heterocycles. The maximum atomic E-state index is 8.86. The summed E-state index contributed by atoms with van der Waals surface area (Å²) < 4.78 is 0. The SMILES string of the molecule is CCNC(=NCc1ccc(C#N)cc1)NC1CC(C)N(C2CC2)C1. The van der Waals surface area contributed by atoms with Gasteiger partial charge in [-0.25, -0.2) is 4.99 Å². The second kappa shape index (κ2) is 7.67. The van der Waals surface area contributed by atoms with Crippen molar-refractivity contribution in [2.45, 2.75) is 57.8 Å². The van der Waals surface area contributed by atoms with Crippen LogP contribution in [0.5, 0.6) is 0 Å². The topological polar surface area (TPSA) is 63.5 Å². The maximum Gasteiger partial charge on any atom is 0.191 e. The van der Waals surface area contributed by atoms with E-state index in [-0.39, 0.29) is 0 Å². The maximum absolute atomic E-state index is 8.86. The van der Waals surface area contributed by atoms with Crippen molar-refractivity contribution in [1.29, 1.82) is 5.26 Å². The molecule has 1 aromatic carbocycles. The molecular formula is C19H27N5. The first-order chi connectivity index (χ1) is 11.7. The number of rotatable bonds is 5. The first-order valence-corrected chi connectivity index (χ1v) is 8.99. The van der Waals surface area contributed by atoms with Crippen molar-refractivity contribution in [3.8, 4) is 6.07 Å². The van der Waals surface area contributed by atoms with Gasteiger partial charge in [-0.3, -0.25) is 4.90 Å². The van der Waals surface area contributed by atoms with Crippen LogP contribution in [0.2, 0.25) is 0 Å². The molecule has 2 aliphatic rings. The van der Waals surface area contributed by atoms with Crippen molar-refractivity contribution < 1.29 is 0 Å². The molecule has 2 unspecified atom stereocenters. The highest BCUT2D eigenvalue weighted by molar-refractivity contribution is 5.80. The van der Waals surface area contributed by atoms with Crippen LogP contribution in [0.4, 0.5) is 0 Å². The summed E-state index contributed by atoms with van der Waals surface area (Å²) in [6.45, 7) is 7.02. The molecule has 2 fully saturated rings. The molecule has 0 spiro atoms. The van der Waals surface area contributed by atoms with E-state index in [1.165, 1.54) is 19.3 Å². The molecule has 0 bridgehead atoms. The van der Waals surface area contributed by atoms with Gasteiger partial charge in [-0.05, 0) is 50.8 Å². The zero-order valence-corrected chi connectivity index (χ0v) is 14.6. The fourth-order valence-electron chi connectivity index (χ4n) is 3.44. The lowest BCUT2D eigenvalue weighted by Gasteiger charge is -2.20. The molecule has 1 saturated heterocycles. The highest BCUT2D eigenvalue weighted by Gasteiger charge is 2.38. The van der Waals surface area contributed by atoms with Gasteiger partial charge in [-0.15, -0.1) is 0 Å². The number of hydrogen-bond acceptors (Lipinski definition) is 3. The monoisotopic (exact) mass is 325 g/mol. The van der Waals surface area contributed by atoms with Gasteiger partial charge < -0.3 is 10.6 Å². The summed E-state index contributed by atoms with van der Waals surface area (Å²) in [5.41, 5.74) is 1.80. The van der Waals surface area contributed by atoms with E-state index in [0.717, 1.165) is 30.7 Å². The van der Waals surface area contributed by atoms with Crippen molar-refractivity contribution in [2.24, 2.45) is 4.99 Å². The molecule has 1 aliphatic heterocycles. The number of nitriles is 1. The summed E-state index contributed by atoms with van der Waals surface area (Å²) in [4.78, 5) is 7.35. The molecule has 2 N–H and O–H groups in total. The van der Waals surface area contributed by atoms with Gasteiger partial charge >= 0.3 is 0 Å². The third-order valence-corrected chi connectivity index (χ3v) is 4.83. The number of benzene rings is 1. The van der Waals surface area contributed by atoms with Gasteiger partial charge in [0.2, 0.25) is 0 Å². The molecule has 3 rings (SSSR count). The number of hydrogen-bond donors (Lipinski definition) is 2. The van der Waals surface area contributed by atoms with E-state index in [2.05, 4.69) is 35.5 Å². The molecule has 0 radical (unpaired) electrons. The van der Waals surface area contributed by atoms with E-state index < -0.39 is 0 Å². The largest absolute Gasteiger partial charge is 0.357 e. The lowest BCUT2D eigenvalue weighted by molar-refractivity contribution is 0.256. The first-order valence-electron chi connectivity index (χ1n) is 8.99. The lowest BCUT2D eigenvalue weighted by Crippen LogP contribution is -2.44. The number of nitrogens with zero attached hydrogens (tertiary/aromatic N) is 3. The van der Waals surface area contributed by atoms with Crippen molar-refractivity contribution in [2.75, 3.05) is 13.1 Å². The van der Waals surface area contributed by atoms with Crippen LogP contribution >= 0.6 is 0 Å². The molecule has 5 nitrogen and oxygen atoms in total. The van der Waals surface area contributed by atoms with Crippen LogP contribution in [-0.4, -0.2) is 42.1 Å². The molecule has 2 atom stereocenters. The van der Waals surface area contributed by atoms with E-state index in [0.29, 0.717) is 24.2 Å². The smallest absolute Gasteiger partial charge is 0.191 e. The Morgan fingerprint density at radius 1 is 1.33 bits per heavy atom. The Morgan fingerprint density at radius 2 is 2.08 bits per heavy atom. The second-order valence-corrected chi connectivity index (χ2v) is 6.86. The van der Waals surface area contributed by atoms with Gasteiger partial charge in [0.05, 0.1) is 18.2 Å². The van der Waals surface area contributed by atoms with E-state index >= 15 is 0 Å². The molecule has 0 amide bonds. The molecule has 1 aliphatic carbocycles. The van der Waals surface area contributed by atoms with Crippen LogP contribution in [0, 0.1) is 11.3 Å². The summed E-state index contributed by atoms with van der Waals surface area (Å²) in [5.74, 6) is 0.886. The molecule has 1 saturated carbocycles. The van der Waals surface area contributed by atoms with E-state index in [4.69, 9.17) is 10.3 Å². The summed E-state index contributed by atoms with van der Waals surface area (Å²) in [6, 6.07) is 11.7. The Morgan fingerprint density at radius 3 is 2.71 bits per heavy atom. The Labute approximate surface area is 144 Å². The molecule has 128 valence electrons. The van der Waals surface area contributed by atoms with E-state index in [1.807, 2.05) is 24.3 Å². The minimum absolute atomic E-state index is 0.472. The average molecular weight is 325 g/mol. The predicted molar refractivity (Wildman–Crippen MR) is 96.7 cm³/mol. The van der Waals surface area contributed by atoms with Gasteiger partial charge in [-0.1, -0.05) is 12.1 Å². The summed E-state index contributed by atoms with van der Waals surface area (Å²) in [7, 11) is 0. The highest BCUT2D eigenvalue weighted by Crippen LogP contribution is 2.33. The third kappa shape index (κ3) is 4.27. The zero-order valence-electron chi connectivity index (χ0n) is 14.6. The predicted octanol–water partition coefficient (Wildman–Crippen LogP) is 2.24. The minimum Gasteiger partial charge on any atom is -0.357 e. The normalized spacial score (nSPS) is 24.6. The van der Waals surface area contributed by atoms with Crippen LogP contribution in [0.15, 0.2) is 29.3 Å². The zero-order chi connectivity index (χ0) is 16.9. The van der Waals surface area contributed by atoms with Crippen molar-refractivity contribution >= 4 is 5.96 Å². The van der Waals surface area contributed by atoms with E-state index in [9.17, 15) is 0 Å². The number of guanidine groups is 1. The average Bonchev–Trinajstić information content (AvgIpc) is 3.37. The van der Waals surface area contributed by atoms with Crippen LogP contribution < -0.4 is 10.6 Å². The first kappa shape index (κ1) is 16.8. The van der Waals surface area contributed by atoms with Crippen LogP contribution in [0.25, 0.3) is 0 Å². The number of aliphatic imine (C=N–C) groups is 1. The number of likely N-dealkylation sites (tertiary alicyclic amines) is 1. The Bertz CT molecular complexity index is 612. The van der Waals surface area contributed by atoms with Crippen LogP contribution in [0.3, 0.4) is 0 Å². The molecule has 24 heavy (non-hydrogen) atoms. The lowest BCUT2D eigenvalue weighted by atomic mass is 10.1. The third-order valence-electron chi connectivity index (χ3n) is 4.83. The summed E-state index contributed by atoms with van der Waals surface area (Å²) >= 11 is 0. The van der Waals surface area contributed by atoms with Crippen LogP contribution in [0.1, 0.15) is 44.2 Å². The minimum atomic E-state index is 0.472. The van der Waals surface area contributed by atoms with Crippen LogP contribution in [-0.2, 0) is 6.54 Å². The second-order valence-electron chi connectivity index (χ2n) is 6.86. The number of nitrogens with one attached hydrogen (secondary N) is 2. The van der Waals surface area contributed by atoms with Gasteiger partial charge in [0, 0.05) is 31.2 Å². The molecule has 5 heteroatoms. The van der Waals surface area contributed by atoms with Gasteiger partial charge in [-0.2, -0.15) is 5.26 Å². The summed E-state index contributed by atoms with van der Waals surface area (Å²) in [6.07, 6.45) is 3.91. The van der Waals surface area contributed by atoms with Crippen molar-refractivity contribution in [3.05, 3.63) is 35.4 Å². The fraction of sp³-hybridized carbons (Fsp3) is 0.579. The molecule has 0 aromatic heterocycles. The highest BCUT2D eigenvalue weighted by atomic mass is 15.3. The quantitative estimate of drug-likeness (QED) is 0.644. The Balaban J connectivity index is 1.58. The Hall–Kier alpha value is -2.06. The standard InChI is InChI=1S/C19H27N5/c1-3-21-19(22-12-16-6-4-15(11-20)5-7-16)23-17-10-14(2)24(13-17)18-8-9-18/h4-7,14,17-18H,3,8-10,12-13H2,1-2H3,(H2,21,22,23). The van der Waals surface area contributed by atoms with Gasteiger partial charge in [0.15, 0.2) is 5.96 Å². The Kier molecular flexibility index (Phi) is 5.37. The fourth-order valence-corrected chi connectivity index (χ4v) is 3.44. The summed E-state index contributed by atoms with van der Waals surface area (Å²) in [5, 5.41) is 15.8. The molecule has 1 aromatic rings. The van der Waals surface area contributed by atoms with Crippen molar-refractivity contribution in [1.82, 2.24) is 15.5 Å². The molecular weight excluding hydrogens is 298 g/mol.